The van der Waals surface area contributed by atoms with Crippen molar-refractivity contribution in [3.8, 4) is 17.2 Å². The normalized spacial score (nSPS) is 16.8. The van der Waals surface area contributed by atoms with Crippen LogP contribution in [0, 0.1) is 0 Å². The minimum absolute atomic E-state index is 0.250. The summed E-state index contributed by atoms with van der Waals surface area (Å²) >= 11 is 0. The molecule has 184 valence electrons. The number of methoxy groups -OCH3 is 4. The number of rotatable bonds is 7. The predicted molar refractivity (Wildman–Crippen MR) is 127 cm³/mol. The summed E-state index contributed by atoms with van der Waals surface area (Å²) in [7, 11) is 6.04. The molecule has 34 heavy (non-hydrogen) atoms. The maximum absolute atomic E-state index is 13.0. The van der Waals surface area contributed by atoms with E-state index >= 15 is 0 Å². The number of hydrogen-bond donors (Lipinski definition) is 0. The molecule has 0 radical (unpaired) electrons. The molecule has 0 N–H and O–H groups in total. The van der Waals surface area contributed by atoms with E-state index in [1.807, 2.05) is 31.2 Å². The largest absolute Gasteiger partial charge is 0.497 e. The number of amides is 2. The van der Waals surface area contributed by atoms with E-state index in [1.165, 1.54) is 14.2 Å². The van der Waals surface area contributed by atoms with Crippen LogP contribution in [0.1, 0.15) is 37.4 Å². The third-order valence-corrected chi connectivity index (χ3v) is 5.92. The molecule has 0 saturated carbocycles. The Morgan fingerprint density at radius 2 is 1.65 bits per heavy atom. The highest BCUT2D eigenvalue weighted by atomic mass is 16.6. The summed E-state index contributed by atoms with van der Waals surface area (Å²) < 4.78 is 26.7. The lowest BCUT2D eigenvalue weighted by Crippen LogP contribution is -2.47. The second kappa shape index (κ2) is 11.0. The summed E-state index contributed by atoms with van der Waals surface area (Å²) in [5, 5.41) is 0. The van der Waals surface area contributed by atoms with Crippen molar-refractivity contribution in [2.75, 3.05) is 39.9 Å². The number of ether oxygens (including phenoxy) is 5. The van der Waals surface area contributed by atoms with Crippen molar-refractivity contribution in [3.63, 3.8) is 0 Å². The molecule has 0 aromatic heterocycles. The molecule has 2 aromatic rings. The molecule has 0 spiro atoms. The molecule has 1 aliphatic rings. The van der Waals surface area contributed by atoms with Crippen molar-refractivity contribution in [1.29, 1.82) is 0 Å². The molecular formula is C25H32N2O7. The lowest BCUT2D eigenvalue weighted by molar-refractivity contribution is 0.0941. The van der Waals surface area contributed by atoms with E-state index in [-0.39, 0.29) is 18.7 Å². The van der Waals surface area contributed by atoms with E-state index in [9.17, 15) is 9.59 Å². The number of hydrogen-bond acceptors (Lipinski definition) is 7. The van der Waals surface area contributed by atoms with Gasteiger partial charge in [-0.15, -0.1) is 0 Å². The fraction of sp³-hybridized carbons (Fsp3) is 0.440. The minimum Gasteiger partial charge on any atom is -0.497 e. The average molecular weight is 473 g/mol. The first-order valence-corrected chi connectivity index (χ1v) is 11.1. The lowest BCUT2D eigenvalue weighted by Gasteiger charge is -2.42. The Morgan fingerprint density at radius 1 is 1.00 bits per heavy atom. The van der Waals surface area contributed by atoms with E-state index in [0.29, 0.717) is 30.2 Å². The lowest BCUT2D eigenvalue weighted by atomic mass is 9.90. The van der Waals surface area contributed by atoms with E-state index in [2.05, 4.69) is 0 Å². The van der Waals surface area contributed by atoms with Gasteiger partial charge in [0.1, 0.15) is 5.75 Å². The first kappa shape index (κ1) is 25.0. The van der Waals surface area contributed by atoms with Gasteiger partial charge in [-0.05, 0) is 44.0 Å². The number of benzene rings is 2. The molecule has 2 amide bonds. The Bertz CT molecular complexity index is 1010. The Hall–Kier alpha value is -3.62. The van der Waals surface area contributed by atoms with E-state index in [1.54, 1.807) is 43.1 Å². The van der Waals surface area contributed by atoms with Crippen LogP contribution in [0.5, 0.6) is 17.2 Å². The summed E-state index contributed by atoms with van der Waals surface area (Å²) in [5.74, 6) is 1.70. The zero-order valence-electron chi connectivity index (χ0n) is 20.5. The van der Waals surface area contributed by atoms with Gasteiger partial charge in [-0.1, -0.05) is 12.1 Å². The quantitative estimate of drug-likeness (QED) is 0.573. The second-order valence-electron chi connectivity index (χ2n) is 7.88. The minimum atomic E-state index is -0.474. The van der Waals surface area contributed by atoms with E-state index < -0.39 is 12.2 Å². The van der Waals surface area contributed by atoms with Gasteiger partial charge in [-0.2, -0.15) is 0 Å². The molecule has 9 heteroatoms. The van der Waals surface area contributed by atoms with E-state index in [0.717, 1.165) is 16.9 Å². The van der Waals surface area contributed by atoms with Crippen LogP contribution in [0.25, 0.3) is 0 Å². The van der Waals surface area contributed by atoms with Gasteiger partial charge in [-0.3, -0.25) is 9.80 Å². The number of nitrogens with zero attached hydrogens (tertiary/aromatic N) is 2. The zero-order valence-corrected chi connectivity index (χ0v) is 20.5. The monoisotopic (exact) mass is 472 g/mol. The number of anilines is 1. The summed E-state index contributed by atoms with van der Waals surface area (Å²) in [6.45, 7) is 4.24. The van der Waals surface area contributed by atoms with Crippen LogP contribution in [0.3, 0.4) is 0 Å². The molecule has 3 rings (SSSR count). The Labute approximate surface area is 200 Å². The highest BCUT2D eigenvalue weighted by Gasteiger charge is 2.40. The Morgan fingerprint density at radius 3 is 2.21 bits per heavy atom. The molecule has 0 saturated heterocycles. The first-order chi connectivity index (χ1) is 16.4. The summed E-state index contributed by atoms with van der Waals surface area (Å²) in [6, 6.07) is 10.4. The maximum Gasteiger partial charge on any atom is 0.414 e. The molecule has 0 aliphatic carbocycles. The van der Waals surface area contributed by atoms with Crippen molar-refractivity contribution in [1.82, 2.24) is 4.90 Å². The van der Waals surface area contributed by atoms with Crippen LogP contribution < -0.4 is 19.1 Å². The third-order valence-electron chi connectivity index (χ3n) is 5.92. The molecule has 1 heterocycles. The number of carbonyl (C=O) groups is 2. The Kier molecular flexibility index (Phi) is 8.09. The van der Waals surface area contributed by atoms with Gasteiger partial charge < -0.3 is 23.7 Å². The summed E-state index contributed by atoms with van der Waals surface area (Å²) in [6.07, 6.45) is -0.452. The smallest absolute Gasteiger partial charge is 0.414 e. The van der Waals surface area contributed by atoms with Gasteiger partial charge in [-0.25, -0.2) is 9.59 Å². The van der Waals surface area contributed by atoms with E-state index in [4.69, 9.17) is 23.7 Å². The molecule has 0 fully saturated rings. The maximum atomic E-state index is 13.0. The van der Waals surface area contributed by atoms with Gasteiger partial charge in [0.15, 0.2) is 11.5 Å². The number of fused-ring (bicyclic) bond motifs is 1. The fourth-order valence-electron chi connectivity index (χ4n) is 4.27. The molecule has 1 aliphatic heterocycles. The van der Waals surface area contributed by atoms with Gasteiger partial charge in [0.25, 0.3) is 0 Å². The van der Waals surface area contributed by atoms with Gasteiger partial charge in [0.2, 0.25) is 0 Å². The van der Waals surface area contributed by atoms with Crippen molar-refractivity contribution in [2.24, 2.45) is 0 Å². The van der Waals surface area contributed by atoms with Gasteiger partial charge in [0.05, 0.1) is 46.8 Å². The predicted octanol–water partition coefficient (Wildman–Crippen LogP) is 4.78. The van der Waals surface area contributed by atoms with Gasteiger partial charge >= 0.3 is 12.2 Å². The highest BCUT2D eigenvalue weighted by Crippen LogP contribution is 2.46. The summed E-state index contributed by atoms with van der Waals surface area (Å²) in [4.78, 5) is 29.1. The highest BCUT2D eigenvalue weighted by molar-refractivity contribution is 5.91. The van der Waals surface area contributed by atoms with Crippen LogP contribution in [0.2, 0.25) is 0 Å². The van der Waals surface area contributed by atoms with Crippen LogP contribution in [-0.4, -0.2) is 58.2 Å². The van der Waals surface area contributed by atoms with Crippen molar-refractivity contribution in [2.45, 2.75) is 38.9 Å². The zero-order chi connectivity index (χ0) is 24.8. The first-order valence-electron chi connectivity index (χ1n) is 11.1. The van der Waals surface area contributed by atoms with Crippen LogP contribution >= 0.6 is 0 Å². The van der Waals surface area contributed by atoms with Crippen molar-refractivity contribution in [3.05, 3.63) is 47.5 Å². The Balaban J connectivity index is 2.11. The van der Waals surface area contributed by atoms with Crippen molar-refractivity contribution < 1.29 is 33.3 Å². The van der Waals surface area contributed by atoms with Crippen LogP contribution in [-0.2, 0) is 16.0 Å². The average Bonchev–Trinajstić information content (AvgIpc) is 2.86. The second-order valence-corrected chi connectivity index (χ2v) is 7.88. The molecule has 0 unspecified atom stereocenters. The number of carbonyl (C=O) groups excluding carboxylic acids is 2. The molecule has 2 aromatic carbocycles. The summed E-state index contributed by atoms with van der Waals surface area (Å²) in [5.41, 5.74) is 2.25. The molecular weight excluding hydrogens is 440 g/mol. The fourth-order valence-corrected chi connectivity index (χ4v) is 4.27. The molecule has 0 bridgehead atoms. The van der Waals surface area contributed by atoms with Crippen LogP contribution in [0.4, 0.5) is 15.3 Å². The van der Waals surface area contributed by atoms with Gasteiger partial charge in [0, 0.05) is 24.2 Å². The topological polar surface area (TPSA) is 86.8 Å². The van der Waals surface area contributed by atoms with Crippen LogP contribution in [0.15, 0.2) is 36.4 Å². The van der Waals surface area contributed by atoms with Crippen molar-refractivity contribution >= 4 is 17.9 Å². The molecule has 2 atom stereocenters. The third kappa shape index (κ3) is 4.98. The molecule has 9 nitrogen and oxygen atoms in total. The standard InChI is InChI=1S/C25H32N2O7/c1-7-34-25(29)27-16(2)12-20(19-13-22(31-4)23(32-5)14-21(19)27)26(24(28)33-6)15-17-8-10-18(30-3)11-9-17/h8-11,13-14,16,20H,7,12,15H2,1-6H3/t16-,20+/m1/s1. The SMILES string of the molecule is CCOC(=O)N1c2cc(OC)c(OC)cc2[C@@H](N(Cc2ccc(OC)cc2)C(=O)OC)C[C@H]1C.